The molecule has 0 radical (unpaired) electrons. The van der Waals surface area contributed by atoms with Crippen molar-refractivity contribution in [2.75, 3.05) is 0 Å². The Morgan fingerprint density at radius 2 is 1.50 bits per heavy atom. The maximum atomic E-state index is 12.1. The maximum Gasteiger partial charge on any atom is 0.338 e. The minimum Gasteiger partial charge on any atom is -0.455 e. The molecule has 0 spiro atoms. The SMILES string of the molecule is O=C(O[C@H]1[C@@H](O)[C@@H](Br)[C@H](Br)[C@@H](Br)[C@@H]1Br)c1ccccc1. The van der Waals surface area contributed by atoms with Crippen molar-refractivity contribution in [1.82, 2.24) is 0 Å². The van der Waals surface area contributed by atoms with Crippen molar-refractivity contribution in [2.45, 2.75) is 31.5 Å². The van der Waals surface area contributed by atoms with E-state index in [4.69, 9.17) is 4.74 Å². The molecule has 2 rings (SSSR count). The van der Waals surface area contributed by atoms with E-state index in [9.17, 15) is 9.90 Å². The molecule has 20 heavy (non-hydrogen) atoms. The van der Waals surface area contributed by atoms with E-state index >= 15 is 0 Å². The number of hydrogen-bond donors (Lipinski definition) is 1. The summed E-state index contributed by atoms with van der Waals surface area (Å²) < 4.78 is 5.47. The average Bonchev–Trinajstić information content (AvgIpc) is 2.48. The lowest BCUT2D eigenvalue weighted by molar-refractivity contribution is -0.0257. The van der Waals surface area contributed by atoms with Crippen LogP contribution in [-0.4, -0.2) is 42.6 Å². The summed E-state index contributed by atoms with van der Waals surface area (Å²) in [7, 11) is 0. The molecule has 1 aromatic rings. The van der Waals surface area contributed by atoms with Gasteiger partial charge in [-0.25, -0.2) is 4.79 Å². The van der Waals surface area contributed by atoms with Gasteiger partial charge in [-0.1, -0.05) is 81.9 Å². The molecule has 110 valence electrons. The number of carbonyl (C=O) groups excluding carboxylic acids is 1. The first-order valence-electron chi connectivity index (χ1n) is 5.94. The number of carbonyl (C=O) groups is 1. The molecule has 0 aliphatic heterocycles. The largest absolute Gasteiger partial charge is 0.455 e. The van der Waals surface area contributed by atoms with Gasteiger partial charge in [-0.05, 0) is 12.1 Å². The average molecular weight is 536 g/mol. The third-order valence-corrected chi connectivity index (χ3v) is 9.75. The van der Waals surface area contributed by atoms with Crippen LogP contribution < -0.4 is 0 Å². The first-order chi connectivity index (χ1) is 9.43. The van der Waals surface area contributed by atoms with E-state index in [1.807, 2.05) is 6.07 Å². The second-order valence-corrected chi connectivity index (χ2v) is 8.73. The third-order valence-electron chi connectivity index (χ3n) is 3.14. The lowest BCUT2D eigenvalue weighted by Gasteiger charge is -2.41. The number of alkyl halides is 4. The molecule has 3 nitrogen and oxygen atoms in total. The first kappa shape index (κ1) is 16.9. The Morgan fingerprint density at radius 3 is 2.10 bits per heavy atom. The van der Waals surface area contributed by atoms with Crippen LogP contribution in [0, 0.1) is 0 Å². The van der Waals surface area contributed by atoms with Crippen molar-refractivity contribution in [3.63, 3.8) is 0 Å². The molecule has 0 heterocycles. The highest BCUT2D eigenvalue weighted by molar-refractivity contribution is 9.14. The maximum absolute atomic E-state index is 12.1. The van der Waals surface area contributed by atoms with Crippen LogP contribution in [0.15, 0.2) is 30.3 Å². The van der Waals surface area contributed by atoms with Crippen molar-refractivity contribution in [3.05, 3.63) is 35.9 Å². The Bertz CT molecular complexity index is 454. The van der Waals surface area contributed by atoms with Crippen LogP contribution in [0.1, 0.15) is 10.4 Å². The van der Waals surface area contributed by atoms with Crippen molar-refractivity contribution in [3.8, 4) is 0 Å². The summed E-state index contributed by atoms with van der Waals surface area (Å²) in [6.07, 6.45) is -1.43. The van der Waals surface area contributed by atoms with E-state index in [-0.39, 0.29) is 19.3 Å². The molecule has 7 heteroatoms. The highest BCUT2D eigenvalue weighted by Gasteiger charge is 2.48. The van der Waals surface area contributed by atoms with E-state index in [1.54, 1.807) is 24.3 Å². The predicted octanol–water partition coefficient (Wildman–Crippen LogP) is 3.64. The van der Waals surface area contributed by atoms with Crippen molar-refractivity contribution >= 4 is 69.7 Å². The molecule has 1 aromatic carbocycles. The molecule has 1 aliphatic carbocycles. The van der Waals surface area contributed by atoms with Gasteiger partial charge in [-0.15, -0.1) is 0 Å². The fourth-order valence-electron chi connectivity index (χ4n) is 1.99. The highest BCUT2D eigenvalue weighted by Crippen LogP contribution is 2.40. The fraction of sp³-hybridized carbons (Fsp3) is 0.462. The molecular formula is C13H12Br4O3. The lowest BCUT2D eigenvalue weighted by Crippen LogP contribution is -2.57. The molecule has 0 aromatic heterocycles. The van der Waals surface area contributed by atoms with Gasteiger partial charge in [0.05, 0.1) is 15.2 Å². The lowest BCUT2D eigenvalue weighted by atomic mass is 9.94. The summed E-state index contributed by atoms with van der Waals surface area (Å²) in [5.74, 6) is -0.438. The molecule has 0 bridgehead atoms. The second kappa shape index (κ2) is 7.22. The standard InChI is InChI=1S/C13H12Br4O3/c14-7-8(15)10(17)12(11(18)9(7)16)20-13(19)6-4-2-1-3-5-6/h1-5,7-12,18H/t7-,8-,9+,10+,11+,12-/m1/s1. The Balaban J connectivity index is 2.13. The summed E-state index contributed by atoms with van der Waals surface area (Å²) in [5, 5.41) is 10.3. The summed E-state index contributed by atoms with van der Waals surface area (Å²) in [6.45, 7) is 0. The van der Waals surface area contributed by atoms with Gasteiger partial charge in [0.15, 0.2) is 0 Å². The van der Waals surface area contributed by atoms with Crippen LogP contribution in [-0.2, 0) is 4.74 Å². The number of esters is 1. The molecule has 6 atom stereocenters. The van der Waals surface area contributed by atoms with E-state index in [0.29, 0.717) is 5.56 Å². The summed E-state index contributed by atoms with van der Waals surface area (Å²) >= 11 is 14.0. The number of rotatable bonds is 2. The first-order valence-corrected chi connectivity index (χ1v) is 9.60. The molecule has 0 amide bonds. The van der Waals surface area contributed by atoms with Gasteiger partial charge in [-0.3, -0.25) is 0 Å². The number of halogens is 4. The molecule has 1 N–H and O–H groups in total. The van der Waals surface area contributed by atoms with Crippen LogP contribution >= 0.6 is 63.7 Å². The normalized spacial score (nSPS) is 37.5. The smallest absolute Gasteiger partial charge is 0.338 e. The van der Waals surface area contributed by atoms with E-state index in [2.05, 4.69) is 63.7 Å². The van der Waals surface area contributed by atoms with E-state index in [0.717, 1.165) is 0 Å². The number of aliphatic hydroxyl groups excluding tert-OH is 1. The molecule has 0 unspecified atom stereocenters. The number of ether oxygens (including phenoxy) is 1. The Labute approximate surface area is 151 Å². The molecule has 0 saturated heterocycles. The zero-order valence-corrected chi connectivity index (χ0v) is 16.5. The van der Waals surface area contributed by atoms with Gasteiger partial charge in [0.25, 0.3) is 0 Å². The van der Waals surface area contributed by atoms with Crippen LogP contribution in [0.3, 0.4) is 0 Å². The van der Waals surface area contributed by atoms with Crippen molar-refractivity contribution in [2.24, 2.45) is 0 Å². The summed E-state index contributed by atoms with van der Waals surface area (Å²) in [5.41, 5.74) is 0.470. The van der Waals surface area contributed by atoms with Crippen LogP contribution in [0.4, 0.5) is 0 Å². The molecule has 1 saturated carbocycles. The predicted molar refractivity (Wildman–Crippen MR) is 92.5 cm³/mol. The van der Waals surface area contributed by atoms with Crippen LogP contribution in [0.25, 0.3) is 0 Å². The quantitative estimate of drug-likeness (QED) is 0.465. The van der Waals surface area contributed by atoms with Gasteiger partial charge >= 0.3 is 5.97 Å². The van der Waals surface area contributed by atoms with E-state index < -0.39 is 18.2 Å². The minimum atomic E-state index is -0.801. The Hall–Kier alpha value is 0.570. The highest BCUT2D eigenvalue weighted by atomic mass is 79.9. The third kappa shape index (κ3) is 3.48. The second-order valence-electron chi connectivity index (χ2n) is 4.50. The Morgan fingerprint density at radius 1 is 0.950 bits per heavy atom. The zero-order valence-electron chi connectivity index (χ0n) is 10.1. The van der Waals surface area contributed by atoms with E-state index in [1.165, 1.54) is 0 Å². The van der Waals surface area contributed by atoms with Gasteiger partial charge in [0.1, 0.15) is 12.2 Å². The monoisotopic (exact) mass is 532 g/mol. The molecular weight excluding hydrogens is 524 g/mol. The summed E-state index contributed by atoms with van der Waals surface area (Å²) in [6, 6.07) is 8.75. The Kier molecular flexibility index (Phi) is 6.11. The van der Waals surface area contributed by atoms with Crippen molar-refractivity contribution in [1.29, 1.82) is 0 Å². The van der Waals surface area contributed by atoms with Gasteiger partial charge in [0, 0.05) is 9.65 Å². The minimum absolute atomic E-state index is 0.0175. The van der Waals surface area contributed by atoms with Gasteiger partial charge in [-0.2, -0.15) is 0 Å². The number of aliphatic hydroxyl groups is 1. The van der Waals surface area contributed by atoms with Gasteiger partial charge < -0.3 is 9.84 Å². The van der Waals surface area contributed by atoms with Gasteiger partial charge in [0.2, 0.25) is 0 Å². The zero-order chi connectivity index (χ0) is 14.9. The number of benzene rings is 1. The van der Waals surface area contributed by atoms with Crippen LogP contribution in [0.2, 0.25) is 0 Å². The van der Waals surface area contributed by atoms with Crippen molar-refractivity contribution < 1.29 is 14.6 Å². The number of hydrogen-bond acceptors (Lipinski definition) is 3. The summed E-state index contributed by atoms with van der Waals surface area (Å²) in [4.78, 5) is 11.7. The fourth-order valence-corrected chi connectivity index (χ4v) is 5.46. The molecule has 1 fully saturated rings. The molecule has 1 aliphatic rings. The topological polar surface area (TPSA) is 46.5 Å². The van der Waals surface area contributed by atoms with Crippen LogP contribution in [0.5, 0.6) is 0 Å².